The molecule has 2 aliphatic rings. The third-order valence-corrected chi connectivity index (χ3v) is 5.72. The number of hydrogen-bond acceptors (Lipinski definition) is 5. The van der Waals surface area contributed by atoms with Crippen molar-refractivity contribution in [2.24, 2.45) is 5.92 Å². The van der Waals surface area contributed by atoms with Crippen molar-refractivity contribution in [1.29, 1.82) is 0 Å². The van der Waals surface area contributed by atoms with E-state index in [0.717, 1.165) is 11.3 Å². The number of anilines is 1. The first kappa shape index (κ1) is 19.7. The molecule has 0 unspecified atom stereocenters. The Morgan fingerprint density at radius 3 is 2.56 bits per heavy atom. The molecular formula is C20H25ClN2O4. The molecule has 0 bridgehead atoms. The van der Waals surface area contributed by atoms with Crippen molar-refractivity contribution < 1.29 is 19.1 Å². The van der Waals surface area contributed by atoms with E-state index in [4.69, 9.17) is 16.3 Å². The van der Waals surface area contributed by atoms with E-state index in [1.165, 1.54) is 0 Å². The van der Waals surface area contributed by atoms with E-state index in [1.54, 1.807) is 13.8 Å². The minimum atomic E-state index is -0.385. The number of hydrogen-bond donors (Lipinski definition) is 0. The Bertz CT molecular complexity index is 743. The smallest absolute Gasteiger partial charge is 0.309 e. The summed E-state index contributed by atoms with van der Waals surface area (Å²) in [5.74, 6) is -0.911. The highest BCUT2D eigenvalue weighted by Gasteiger charge is 2.40. The van der Waals surface area contributed by atoms with E-state index >= 15 is 0 Å². The molecule has 27 heavy (non-hydrogen) atoms. The largest absolute Gasteiger partial charge is 0.466 e. The van der Waals surface area contributed by atoms with E-state index in [9.17, 15) is 14.4 Å². The molecule has 0 radical (unpaired) electrons. The number of rotatable bonds is 4. The fourth-order valence-electron chi connectivity index (χ4n) is 4.02. The third-order valence-electron chi connectivity index (χ3n) is 5.41. The van der Waals surface area contributed by atoms with Gasteiger partial charge in [-0.2, -0.15) is 0 Å². The van der Waals surface area contributed by atoms with Gasteiger partial charge in [-0.1, -0.05) is 23.7 Å². The van der Waals surface area contributed by atoms with Crippen LogP contribution in [0.25, 0.3) is 0 Å². The standard InChI is InChI=1S/C20H25ClN2O4/c1-3-27-20(26)14-11-16(18(25)12-14)15-5-4-6-17(21)19(15)23-9-7-22(8-10-23)13(2)24/h4-6,14,16H,3,7-12H2,1-2H3/t14-,16+/m1/s1. The van der Waals surface area contributed by atoms with Crippen LogP contribution in [-0.4, -0.2) is 55.3 Å². The zero-order valence-corrected chi connectivity index (χ0v) is 16.5. The number of ketones is 1. The van der Waals surface area contributed by atoms with Gasteiger partial charge in [-0.3, -0.25) is 14.4 Å². The molecule has 1 aromatic carbocycles. The molecule has 0 N–H and O–H groups in total. The molecule has 1 aromatic rings. The number of halogens is 1. The first-order valence-electron chi connectivity index (χ1n) is 9.40. The second-order valence-electron chi connectivity index (χ2n) is 7.08. The normalized spacial score (nSPS) is 22.9. The van der Waals surface area contributed by atoms with Crippen molar-refractivity contribution in [2.45, 2.75) is 32.6 Å². The van der Waals surface area contributed by atoms with Gasteiger partial charge in [-0.05, 0) is 25.0 Å². The Labute approximate surface area is 164 Å². The molecule has 7 heteroatoms. The Hall–Kier alpha value is -2.08. The fourth-order valence-corrected chi connectivity index (χ4v) is 4.32. The summed E-state index contributed by atoms with van der Waals surface area (Å²) in [6.45, 7) is 6.24. The highest BCUT2D eigenvalue weighted by atomic mass is 35.5. The molecule has 6 nitrogen and oxygen atoms in total. The van der Waals surface area contributed by atoms with Crippen molar-refractivity contribution in [3.05, 3.63) is 28.8 Å². The summed E-state index contributed by atoms with van der Waals surface area (Å²) in [6, 6.07) is 5.59. The van der Waals surface area contributed by atoms with Gasteiger partial charge in [0.2, 0.25) is 5.91 Å². The van der Waals surface area contributed by atoms with Crippen molar-refractivity contribution >= 4 is 34.9 Å². The molecule has 1 saturated carbocycles. The Morgan fingerprint density at radius 2 is 1.93 bits per heavy atom. The molecule has 2 atom stereocenters. The molecule has 0 spiro atoms. The Morgan fingerprint density at radius 1 is 1.22 bits per heavy atom. The highest BCUT2D eigenvalue weighted by molar-refractivity contribution is 6.33. The number of piperazine rings is 1. The number of Topliss-reactive ketones (excluding diaryl/α,β-unsaturated/α-hetero) is 1. The Balaban J connectivity index is 1.83. The average Bonchev–Trinajstić information content (AvgIpc) is 3.03. The van der Waals surface area contributed by atoms with Gasteiger partial charge in [-0.25, -0.2) is 0 Å². The van der Waals surface area contributed by atoms with Crippen LogP contribution < -0.4 is 4.90 Å². The van der Waals surface area contributed by atoms with Crippen LogP contribution in [0, 0.1) is 5.92 Å². The second-order valence-corrected chi connectivity index (χ2v) is 7.49. The van der Waals surface area contributed by atoms with Crippen molar-refractivity contribution in [3.8, 4) is 0 Å². The number of amides is 1. The lowest BCUT2D eigenvalue weighted by Crippen LogP contribution is -2.48. The van der Waals surface area contributed by atoms with Gasteiger partial charge in [0.1, 0.15) is 5.78 Å². The molecule has 2 fully saturated rings. The predicted molar refractivity (Wildman–Crippen MR) is 103 cm³/mol. The lowest BCUT2D eigenvalue weighted by molar-refractivity contribution is -0.148. The van der Waals surface area contributed by atoms with Crippen LogP contribution in [0.2, 0.25) is 5.02 Å². The quantitative estimate of drug-likeness (QED) is 0.737. The molecule has 1 heterocycles. The SMILES string of the molecule is CCOC(=O)[C@H]1CC(=O)[C@H](c2cccc(Cl)c2N2CCN(C(C)=O)CC2)C1. The molecule has 0 aromatic heterocycles. The summed E-state index contributed by atoms with van der Waals surface area (Å²) in [5.41, 5.74) is 1.72. The number of esters is 1. The Kier molecular flexibility index (Phi) is 6.05. The van der Waals surface area contributed by atoms with Gasteiger partial charge in [0.05, 0.1) is 23.2 Å². The maximum Gasteiger partial charge on any atom is 0.309 e. The van der Waals surface area contributed by atoms with Crippen LogP contribution in [0.15, 0.2) is 18.2 Å². The topological polar surface area (TPSA) is 66.9 Å². The summed E-state index contributed by atoms with van der Waals surface area (Å²) < 4.78 is 5.10. The molecule has 146 valence electrons. The first-order chi connectivity index (χ1) is 12.9. The zero-order chi connectivity index (χ0) is 19.6. The number of carbonyl (C=O) groups excluding carboxylic acids is 3. The maximum atomic E-state index is 12.7. The summed E-state index contributed by atoms with van der Waals surface area (Å²) >= 11 is 6.51. The molecular weight excluding hydrogens is 368 g/mol. The van der Waals surface area contributed by atoms with E-state index < -0.39 is 0 Å². The van der Waals surface area contributed by atoms with Crippen LogP contribution in [-0.2, 0) is 19.1 Å². The minimum absolute atomic E-state index is 0.0546. The molecule has 3 rings (SSSR count). The highest BCUT2D eigenvalue weighted by Crippen LogP contribution is 2.43. The zero-order valence-electron chi connectivity index (χ0n) is 15.7. The third kappa shape index (κ3) is 4.10. The summed E-state index contributed by atoms with van der Waals surface area (Å²) in [7, 11) is 0. The lowest BCUT2D eigenvalue weighted by Gasteiger charge is -2.37. The van der Waals surface area contributed by atoms with Gasteiger partial charge >= 0.3 is 5.97 Å². The number of para-hydroxylation sites is 1. The number of nitrogens with zero attached hydrogens (tertiary/aromatic N) is 2. The fraction of sp³-hybridized carbons (Fsp3) is 0.550. The maximum absolute atomic E-state index is 12.7. The van der Waals surface area contributed by atoms with Crippen LogP contribution in [0.1, 0.15) is 38.2 Å². The number of ether oxygens (including phenoxy) is 1. The first-order valence-corrected chi connectivity index (χ1v) is 9.78. The van der Waals surface area contributed by atoms with Crippen LogP contribution in [0.5, 0.6) is 0 Å². The lowest BCUT2D eigenvalue weighted by atomic mass is 9.93. The van der Waals surface area contributed by atoms with Gasteiger partial charge < -0.3 is 14.5 Å². The average molecular weight is 393 g/mol. The molecule has 1 aliphatic heterocycles. The monoisotopic (exact) mass is 392 g/mol. The second kappa shape index (κ2) is 8.30. The van der Waals surface area contributed by atoms with Crippen molar-refractivity contribution in [3.63, 3.8) is 0 Å². The van der Waals surface area contributed by atoms with Gasteiger partial charge in [0, 0.05) is 45.4 Å². The van der Waals surface area contributed by atoms with Crippen LogP contribution >= 0.6 is 11.6 Å². The minimum Gasteiger partial charge on any atom is -0.466 e. The summed E-state index contributed by atoms with van der Waals surface area (Å²) in [6.07, 6.45) is 0.673. The predicted octanol–water partition coefficient (Wildman–Crippen LogP) is 2.63. The van der Waals surface area contributed by atoms with Gasteiger partial charge in [0.25, 0.3) is 0 Å². The van der Waals surface area contributed by atoms with Gasteiger partial charge in [-0.15, -0.1) is 0 Å². The molecule has 1 saturated heterocycles. The van der Waals surface area contributed by atoms with Crippen LogP contribution in [0.4, 0.5) is 5.69 Å². The summed E-state index contributed by atoms with van der Waals surface area (Å²) in [4.78, 5) is 40.3. The van der Waals surface area contributed by atoms with Crippen molar-refractivity contribution in [1.82, 2.24) is 4.90 Å². The molecule has 1 aliphatic carbocycles. The van der Waals surface area contributed by atoms with E-state index in [0.29, 0.717) is 44.2 Å². The van der Waals surface area contributed by atoms with E-state index in [-0.39, 0.29) is 35.9 Å². The summed E-state index contributed by atoms with van der Waals surface area (Å²) in [5, 5.41) is 0.594. The van der Waals surface area contributed by atoms with E-state index in [2.05, 4.69) is 4.90 Å². The van der Waals surface area contributed by atoms with Gasteiger partial charge in [0.15, 0.2) is 0 Å². The van der Waals surface area contributed by atoms with Crippen LogP contribution in [0.3, 0.4) is 0 Å². The number of benzene rings is 1. The molecule has 1 amide bonds. The van der Waals surface area contributed by atoms with E-state index in [1.807, 2.05) is 23.1 Å². The van der Waals surface area contributed by atoms with Crippen molar-refractivity contribution in [2.75, 3.05) is 37.7 Å². The number of carbonyl (C=O) groups is 3.